The van der Waals surface area contributed by atoms with Gasteiger partial charge in [0.25, 0.3) is 0 Å². The molecule has 4 rings (SSSR count). The van der Waals surface area contributed by atoms with E-state index in [0.717, 1.165) is 18.8 Å². The fourth-order valence-electron chi connectivity index (χ4n) is 3.77. The maximum Gasteiger partial charge on any atom is 0.247 e. The van der Waals surface area contributed by atoms with Crippen molar-refractivity contribution in [2.24, 2.45) is 0 Å². The fourth-order valence-corrected chi connectivity index (χ4v) is 3.77. The van der Waals surface area contributed by atoms with Crippen molar-refractivity contribution in [2.45, 2.75) is 0 Å². The van der Waals surface area contributed by atoms with Gasteiger partial charge in [0.05, 0.1) is 36.1 Å². The molecular weight excluding hydrogens is 475 g/mol. The average Bonchev–Trinajstić information content (AvgIpc) is 3.37. The molecule has 10 nitrogen and oxygen atoms in total. The van der Waals surface area contributed by atoms with Gasteiger partial charge in [-0.3, -0.25) is 9.89 Å². The van der Waals surface area contributed by atoms with Crippen molar-refractivity contribution in [2.75, 3.05) is 56.9 Å². The predicted octanol–water partition coefficient (Wildman–Crippen LogP) is 4.03. The zero-order valence-corrected chi connectivity index (χ0v) is 21.2. The molecule has 2 heterocycles. The third kappa shape index (κ3) is 5.84. The molecule has 0 unspecified atom stereocenters. The molecule has 0 bridgehead atoms. The highest BCUT2D eigenvalue weighted by atomic mass is 19.1. The molecule has 0 aliphatic rings. The maximum atomic E-state index is 14.5. The lowest BCUT2D eigenvalue weighted by atomic mass is 10.1. The fraction of sp³-hybridized carbons (Fsp3) is 0.231. The van der Waals surface area contributed by atoms with Crippen LogP contribution in [0.4, 0.5) is 27.4 Å². The van der Waals surface area contributed by atoms with Crippen molar-refractivity contribution in [3.63, 3.8) is 0 Å². The van der Waals surface area contributed by atoms with Gasteiger partial charge in [-0.25, -0.2) is 14.4 Å². The number of hydrogen-bond acceptors (Lipinski definition) is 8. The van der Waals surface area contributed by atoms with Crippen molar-refractivity contribution in [1.29, 1.82) is 0 Å². The molecule has 2 aromatic carbocycles. The highest BCUT2D eigenvalue weighted by molar-refractivity contribution is 6.02. The summed E-state index contributed by atoms with van der Waals surface area (Å²) >= 11 is 0. The molecule has 2 aromatic heterocycles. The Balaban J connectivity index is 1.69. The molecule has 4 aromatic rings. The second-order valence-corrected chi connectivity index (χ2v) is 8.67. The van der Waals surface area contributed by atoms with Crippen LogP contribution in [-0.2, 0) is 4.79 Å². The van der Waals surface area contributed by atoms with E-state index in [1.54, 1.807) is 37.7 Å². The van der Waals surface area contributed by atoms with Crippen molar-refractivity contribution in [3.05, 3.63) is 61.2 Å². The zero-order valence-electron chi connectivity index (χ0n) is 21.2. The molecule has 37 heavy (non-hydrogen) atoms. The molecule has 0 saturated carbocycles. The van der Waals surface area contributed by atoms with Crippen LogP contribution in [-0.4, -0.2) is 72.3 Å². The number of carbonyl (C=O) groups excluding carboxylic acids is 1. The van der Waals surface area contributed by atoms with E-state index in [1.165, 1.54) is 12.1 Å². The van der Waals surface area contributed by atoms with E-state index >= 15 is 0 Å². The first-order valence-electron chi connectivity index (χ1n) is 11.5. The summed E-state index contributed by atoms with van der Waals surface area (Å²) in [6.07, 6.45) is 4.35. The highest BCUT2D eigenvalue weighted by Gasteiger charge is 2.17. The predicted molar refractivity (Wildman–Crippen MR) is 144 cm³/mol. The molecule has 1 amide bonds. The number of anilines is 4. The third-order valence-corrected chi connectivity index (χ3v) is 5.75. The van der Waals surface area contributed by atoms with E-state index in [4.69, 9.17) is 4.74 Å². The number of aromatic amines is 1. The van der Waals surface area contributed by atoms with Gasteiger partial charge in [-0.15, -0.1) is 0 Å². The minimum absolute atomic E-state index is 0.276. The van der Waals surface area contributed by atoms with Crippen LogP contribution in [0.3, 0.4) is 0 Å². The van der Waals surface area contributed by atoms with Crippen LogP contribution in [0.25, 0.3) is 22.2 Å². The third-order valence-electron chi connectivity index (χ3n) is 5.75. The summed E-state index contributed by atoms with van der Waals surface area (Å²) in [5.41, 5.74) is 3.33. The number of nitrogens with zero attached hydrogens (tertiary/aromatic N) is 5. The monoisotopic (exact) mass is 504 g/mol. The Morgan fingerprint density at radius 2 is 2.00 bits per heavy atom. The number of amides is 1. The summed E-state index contributed by atoms with van der Waals surface area (Å²) in [5.74, 6) is 0.0473. The van der Waals surface area contributed by atoms with Crippen molar-refractivity contribution in [1.82, 2.24) is 25.1 Å². The molecular formula is C26H29FN8O2. The molecule has 0 spiro atoms. The second kappa shape index (κ2) is 11.0. The summed E-state index contributed by atoms with van der Waals surface area (Å²) in [4.78, 5) is 25.2. The van der Waals surface area contributed by atoms with Gasteiger partial charge in [0, 0.05) is 43.4 Å². The van der Waals surface area contributed by atoms with E-state index in [-0.39, 0.29) is 11.9 Å². The van der Waals surface area contributed by atoms with Crippen LogP contribution in [0.5, 0.6) is 5.75 Å². The Hall–Kier alpha value is -4.51. The molecule has 0 saturated heterocycles. The van der Waals surface area contributed by atoms with Crippen LogP contribution >= 0.6 is 0 Å². The lowest BCUT2D eigenvalue weighted by Crippen LogP contribution is -2.29. The first-order valence-corrected chi connectivity index (χ1v) is 11.5. The number of likely N-dealkylation sites (N-methyl/N-ethyl adjacent to an activating group) is 2. The topological polar surface area (TPSA) is 111 Å². The van der Waals surface area contributed by atoms with Crippen LogP contribution < -0.4 is 20.3 Å². The summed E-state index contributed by atoms with van der Waals surface area (Å²) < 4.78 is 20.1. The number of carbonyl (C=O) groups is 1. The number of benzene rings is 2. The summed E-state index contributed by atoms with van der Waals surface area (Å²) in [7, 11) is 7.50. The van der Waals surface area contributed by atoms with Gasteiger partial charge in [-0.2, -0.15) is 5.10 Å². The molecule has 0 aliphatic carbocycles. The Kier molecular flexibility index (Phi) is 7.63. The SMILES string of the molecule is C=CC(=O)Nc1cc(Nc2nccc(-c3cc(F)c4[nH]ncc4c3)n2)c(OC)cc1N(C)CCN(C)C. The van der Waals surface area contributed by atoms with Crippen molar-refractivity contribution in [3.8, 4) is 17.0 Å². The molecule has 0 atom stereocenters. The lowest BCUT2D eigenvalue weighted by Gasteiger charge is -2.26. The number of halogens is 1. The minimum atomic E-state index is -0.420. The van der Waals surface area contributed by atoms with Gasteiger partial charge in [-0.05, 0) is 44.4 Å². The number of rotatable bonds is 10. The Labute approximate surface area is 214 Å². The number of fused-ring (bicyclic) bond motifs is 1. The van der Waals surface area contributed by atoms with Gasteiger partial charge in [0.2, 0.25) is 11.9 Å². The highest BCUT2D eigenvalue weighted by Crippen LogP contribution is 2.38. The second-order valence-electron chi connectivity index (χ2n) is 8.67. The smallest absolute Gasteiger partial charge is 0.247 e. The van der Waals surface area contributed by atoms with Crippen LogP contribution in [0.1, 0.15) is 0 Å². The van der Waals surface area contributed by atoms with Gasteiger partial charge in [0.15, 0.2) is 0 Å². The first-order chi connectivity index (χ1) is 17.8. The van der Waals surface area contributed by atoms with Crippen LogP contribution in [0, 0.1) is 5.82 Å². The Morgan fingerprint density at radius 1 is 1.19 bits per heavy atom. The average molecular weight is 505 g/mol. The van der Waals surface area contributed by atoms with E-state index in [1.807, 2.05) is 32.1 Å². The van der Waals surface area contributed by atoms with Gasteiger partial charge < -0.3 is 25.2 Å². The normalized spacial score (nSPS) is 11.0. The summed E-state index contributed by atoms with van der Waals surface area (Å²) in [6, 6.07) is 8.49. The van der Waals surface area contributed by atoms with Crippen LogP contribution in [0.2, 0.25) is 0 Å². The molecule has 3 N–H and O–H groups in total. The lowest BCUT2D eigenvalue weighted by molar-refractivity contribution is -0.111. The number of hydrogen-bond donors (Lipinski definition) is 3. The Bertz CT molecular complexity index is 1440. The number of aromatic nitrogens is 4. The van der Waals surface area contributed by atoms with Crippen molar-refractivity contribution >= 4 is 39.8 Å². The first kappa shape index (κ1) is 25.6. The van der Waals surface area contributed by atoms with E-state index < -0.39 is 5.82 Å². The number of nitrogens with one attached hydrogen (secondary N) is 3. The van der Waals surface area contributed by atoms with E-state index in [2.05, 4.69) is 42.3 Å². The molecule has 0 radical (unpaired) electrons. The number of methoxy groups -OCH3 is 1. The summed E-state index contributed by atoms with van der Waals surface area (Å²) in [6.45, 7) is 5.09. The largest absolute Gasteiger partial charge is 0.494 e. The number of ether oxygens (including phenoxy) is 1. The van der Waals surface area contributed by atoms with Gasteiger partial charge >= 0.3 is 0 Å². The van der Waals surface area contributed by atoms with Gasteiger partial charge in [-0.1, -0.05) is 6.58 Å². The summed E-state index contributed by atoms with van der Waals surface area (Å²) in [5, 5.41) is 13.2. The molecule has 0 fully saturated rings. The van der Waals surface area contributed by atoms with E-state index in [9.17, 15) is 9.18 Å². The van der Waals surface area contributed by atoms with E-state index in [0.29, 0.717) is 39.3 Å². The molecule has 0 aliphatic heterocycles. The maximum absolute atomic E-state index is 14.5. The minimum Gasteiger partial charge on any atom is -0.494 e. The van der Waals surface area contributed by atoms with Crippen LogP contribution in [0.15, 0.2) is 55.4 Å². The quantitative estimate of drug-likeness (QED) is 0.278. The standard InChI is InChI=1S/C26H29FN8O2/c1-6-24(36)30-20-13-21(23(37-5)14-22(20)35(4)10-9-34(2)3)32-26-28-8-7-19(31-26)16-11-17-15-29-33-25(17)18(27)12-16/h6-8,11-15H,1,9-10H2,2-5H3,(H,29,33)(H,30,36)(H,28,31,32). The molecule has 11 heteroatoms. The van der Waals surface area contributed by atoms with Crippen molar-refractivity contribution < 1.29 is 13.9 Å². The Morgan fingerprint density at radius 3 is 2.73 bits per heavy atom. The zero-order chi connectivity index (χ0) is 26.5. The van der Waals surface area contributed by atoms with Gasteiger partial charge in [0.1, 0.15) is 17.1 Å². The number of H-pyrrole nitrogens is 1. The molecule has 192 valence electrons.